The standard InChI is InChI=1S/C13H19F3N4.HI/c1-10-3-4-11(9-20-10)5-7-18-12(17-2)19-8-6-13(14,15)16;/h3-4,9H,5-8H2,1-2H3,(H2,17,18,19);1H. The van der Waals surface area contributed by atoms with E-state index in [0.717, 1.165) is 17.7 Å². The van der Waals surface area contributed by atoms with Crippen molar-refractivity contribution in [3.8, 4) is 0 Å². The van der Waals surface area contributed by atoms with E-state index in [-0.39, 0.29) is 30.5 Å². The topological polar surface area (TPSA) is 49.3 Å². The highest BCUT2D eigenvalue weighted by Gasteiger charge is 2.26. The number of hydrogen-bond donors (Lipinski definition) is 2. The summed E-state index contributed by atoms with van der Waals surface area (Å²) in [6.45, 7) is 2.31. The molecule has 0 radical (unpaired) electrons. The van der Waals surface area contributed by atoms with Crippen LogP contribution in [0.5, 0.6) is 0 Å². The molecule has 21 heavy (non-hydrogen) atoms. The van der Waals surface area contributed by atoms with Crippen LogP contribution >= 0.6 is 24.0 Å². The molecule has 1 aromatic rings. The molecule has 0 atom stereocenters. The SMILES string of the molecule is CN=C(NCCc1ccc(C)nc1)NCCC(F)(F)F.I. The first-order chi connectivity index (χ1) is 9.40. The molecule has 1 aromatic heterocycles. The minimum absolute atomic E-state index is 0. The molecule has 4 nitrogen and oxygen atoms in total. The second kappa shape index (κ2) is 9.80. The smallest absolute Gasteiger partial charge is 0.356 e. The first kappa shape index (κ1) is 19.9. The third-order valence-electron chi connectivity index (χ3n) is 2.60. The number of aromatic nitrogens is 1. The van der Waals surface area contributed by atoms with Crippen molar-refractivity contribution in [3.63, 3.8) is 0 Å². The van der Waals surface area contributed by atoms with Crippen molar-refractivity contribution in [2.24, 2.45) is 4.99 Å². The molecule has 0 aliphatic rings. The molecule has 1 rings (SSSR count). The van der Waals surface area contributed by atoms with Gasteiger partial charge in [-0.1, -0.05) is 6.07 Å². The molecule has 0 aromatic carbocycles. The van der Waals surface area contributed by atoms with Gasteiger partial charge in [0, 0.05) is 32.0 Å². The van der Waals surface area contributed by atoms with E-state index in [1.807, 2.05) is 19.1 Å². The van der Waals surface area contributed by atoms with Crippen LogP contribution in [0.3, 0.4) is 0 Å². The monoisotopic (exact) mass is 416 g/mol. The van der Waals surface area contributed by atoms with Gasteiger partial charge in [0.05, 0.1) is 6.42 Å². The van der Waals surface area contributed by atoms with Crippen LogP contribution in [0.15, 0.2) is 23.3 Å². The third-order valence-corrected chi connectivity index (χ3v) is 2.60. The largest absolute Gasteiger partial charge is 0.390 e. The zero-order valence-electron chi connectivity index (χ0n) is 12.0. The highest BCUT2D eigenvalue weighted by Crippen LogP contribution is 2.17. The third kappa shape index (κ3) is 9.48. The molecule has 0 saturated carbocycles. The van der Waals surface area contributed by atoms with Gasteiger partial charge < -0.3 is 10.6 Å². The number of halogens is 4. The zero-order valence-corrected chi connectivity index (χ0v) is 14.3. The number of guanidine groups is 1. The average Bonchev–Trinajstić information content (AvgIpc) is 2.38. The Labute approximate surface area is 139 Å². The van der Waals surface area contributed by atoms with E-state index in [2.05, 4.69) is 20.6 Å². The van der Waals surface area contributed by atoms with Gasteiger partial charge in [0.1, 0.15) is 0 Å². The molecule has 2 N–H and O–H groups in total. The number of nitrogens with zero attached hydrogens (tertiary/aromatic N) is 2. The summed E-state index contributed by atoms with van der Waals surface area (Å²) in [5.41, 5.74) is 2.01. The van der Waals surface area contributed by atoms with Crippen LogP contribution in [0.25, 0.3) is 0 Å². The van der Waals surface area contributed by atoms with Crippen LogP contribution in [0.4, 0.5) is 13.2 Å². The Morgan fingerprint density at radius 3 is 2.43 bits per heavy atom. The minimum atomic E-state index is -4.15. The van der Waals surface area contributed by atoms with Gasteiger partial charge in [-0.05, 0) is 25.0 Å². The number of rotatable bonds is 5. The Morgan fingerprint density at radius 1 is 1.24 bits per heavy atom. The van der Waals surface area contributed by atoms with Crippen LogP contribution in [-0.2, 0) is 6.42 Å². The van der Waals surface area contributed by atoms with Gasteiger partial charge in [0.2, 0.25) is 0 Å². The summed E-state index contributed by atoms with van der Waals surface area (Å²) in [7, 11) is 1.52. The van der Waals surface area contributed by atoms with Crippen molar-refractivity contribution >= 4 is 29.9 Å². The molecule has 0 unspecified atom stereocenters. The maximum absolute atomic E-state index is 12.0. The lowest BCUT2D eigenvalue weighted by Crippen LogP contribution is -2.39. The fourth-order valence-corrected chi connectivity index (χ4v) is 1.51. The number of alkyl halides is 3. The molecule has 0 fully saturated rings. The molecular formula is C13H20F3IN4. The Hall–Kier alpha value is -1.06. The van der Waals surface area contributed by atoms with E-state index in [9.17, 15) is 13.2 Å². The van der Waals surface area contributed by atoms with Crippen LogP contribution < -0.4 is 10.6 Å². The molecule has 8 heteroatoms. The number of nitrogens with one attached hydrogen (secondary N) is 2. The Bertz CT molecular complexity index is 432. The summed E-state index contributed by atoms with van der Waals surface area (Å²) in [5.74, 6) is 0.370. The highest BCUT2D eigenvalue weighted by atomic mass is 127. The maximum Gasteiger partial charge on any atom is 0.390 e. The van der Waals surface area contributed by atoms with Crippen molar-refractivity contribution < 1.29 is 13.2 Å². The quantitative estimate of drug-likeness (QED) is 0.441. The first-order valence-corrected chi connectivity index (χ1v) is 6.33. The molecular weight excluding hydrogens is 396 g/mol. The van der Waals surface area contributed by atoms with Crippen LogP contribution in [0.1, 0.15) is 17.7 Å². The number of pyridine rings is 1. The molecule has 0 aliphatic heterocycles. The van der Waals surface area contributed by atoms with Crippen LogP contribution in [-0.4, -0.2) is 37.3 Å². The van der Waals surface area contributed by atoms with Gasteiger partial charge in [-0.2, -0.15) is 13.2 Å². The molecule has 1 heterocycles. The Kier molecular flexibility index (Phi) is 9.31. The van der Waals surface area contributed by atoms with Gasteiger partial charge in [0.15, 0.2) is 5.96 Å². The fraction of sp³-hybridized carbons (Fsp3) is 0.538. The normalized spacial score (nSPS) is 11.8. The molecule has 0 amide bonds. The Morgan fingerprint density at radius 2 is 1.90 bits per heavy atom. The number of aliphatic imine (C=N–C) groups is 1. The highest BCUT2D eigenvalue weighted by molar-refractivity contribution is 14.0. The second-order valence-corrected chi connectivity index (χ2v) is 4.35. The van der Waals surface area contributed by atoms with Crippen molar-refractivity contribution in [1.29, 1.82) is 0 Å². The molecule has 0 spiro atoms. The summed E-state index contributed by atoms with van der Waals surface area (Å²) < 4.78 is 36.0. The van der Waals surface area contributed by atoms with Gasteiger partial charge in [-0.3, -0.25) is 9.98 Å². The molecule has 0 saturated heterocycles. The van der Waals surface area contributed by atoms with Crippen molar-refractivity contribution in [2.75, 3.05) is 20.1 Å². The molecule has 0 aliphatic carbocycles. The van der Waals surface area contributed by atoms with Gasteiger partial charge >= 0.3 is 6.18 Å². The summed E-state index contributed by atoms with van der Waals surface area (Å²) in [6.07, 6.45) is -2.51. The predicted molar refractivity (Wildman–Crippen MR) is 88.1 cm³/mol. The van der Waals surface area contributed by atoms with Crippen molar-refractivity contribution in [3.05, 3.63) is 29.6 Å². The maximum atomic E-state index is 12.0. The van der Waals surface area contributed by atoms with Gasteiger partial charge in [-0.25, -0.2) is 0 Å². The van der Waals surface area contributed by atoms with E-state index >= 15 is 0 Å². The lowest BCUT2D eigenvalue weighted by Gasteiger charge is -2.12. The Balaban J connectivity index is 0.00000400. The average molecular weight is 416 g/mol. The zero-order chi connectivity index (χ0) is 15.0. The summed E-state index contributed by atoms with van der Waals surface area (Å²) in [4.78, 5) is 8.04. The summed E-state index contributed by atoms with van der Waals surface area (Å²) in [5, 5.41) is 5.59. The molecule has 120 valence electrons. The van der Waals surface area contributed by atoms with E-state index < -0.39 is 12.6 Å². The fourth-order valence-electron chi connectivity index (χ4n) is 1.51. The number of aryl methyl sites for hydroxylation is 1. The van der Waals surface area contributed by atoms with Crippen LogP contribution in [0.2, 0.25) is 0 Å². The first-order valence-electron chi connectivity index (χ1n) is 6.33. The number of hydrogen-bond acceptors (Lipinski definition) is 2. The van der Waals surface area contributed by atoms with Gasteiger partial charge in [-0.15, -0.1) is 24.0 Å². The molecule has 0 bridgehead atoms. The summed E-state index contributed by atoms with van der Waals surface area (Å²) >= 11 is 0. The minimum Gasteiger partial charge on any atom is -0.356 e. The van der Waals surface area contributed by atoms with E-state index in [4.69, 9.17) is 0 Å². The van der Waals surface area contributed by atoms with E-state index in [1.54, 1.807) is 6.20 Å². The van der Waals surface area contributed by atoms with E-state index in [0.29, 0.717) is 12.5 Å². The lowest BCUT2D eigenvalue weighted by atomic mass is 10.2. The van der Waals surface area contributed by atoms with Crippen LogP contribution in [0, 0.1) is 6.92 Å². The van der Waals surface area contributed by atoms with Gasteiger partial charge in [0.25, 0.3) is 0 Å². The predicted octanol–water partition coefficient (Wildman–Crippen LogP) is 2.67. The van der Waals surface area contributed by atoms with Crippen molar-refractivity contribution in [1.82, 2.24) is 15.6 Å². The lowest BCUT2D eigenvalue weighted by molar-refractivity contribution is -0.132. The van der Waals surface area contributed by atoms with E-state index in [1.165, 1.54) is 7.05 Å². The second-order valence-electron chi connectivity index (χ2n) is 4.35. The summed E-state index contributed by atoms with van der Waals surface area (Å²) in [6, 6.07) is 3.90. The van der Waals surface area contributed by atoms with Crippen molar-refractivity contribution in [2.45, 2.75) is 25.9 Å².